The van der Waals surface area contributed by atoms with E-state index in [1.165, 1.54) is 18.2 Å². The van der Waals surface area contributed by atoms with E-state index in [0.717, 1.165) is 0 Å². The Bertz CT molecular complexity index is 440. The molecule has 1 saturated carbocycles. The summed E-state index contributed by atoms with van der Waals surface area (Å²) in [6.45, 7) is 0. The van der Waals surface area contributed by atoms with Crippen LogP contribution in [0.5, 0.6) is 11.5 Å². The molecule has 0 bridgehead atoms. The molecule has 5 heteroatoms. The Labute approximate surface area is 92.1 Å². The Hall–Kier alpha value is -1.75. The molecule has 0 aromatic heterocycles. The van der Waals surface area contributed by atoms with Crippen molar-refractivity contribution >= 4 is 5.97 Å². The van der Waals surface area contributed by atoms with Crippen LogP contribution in [0.4, 0.5) is 0 Å². The van der Waals surface area contributed by atoms with E-state index in [-0.39, 0.29) is 11.5 Å². The fourth-order valence-electron chi connectivity index (χ4n) is 2.04. The number of phenolic OH excluding ortho intramolecular Hbond substituents is 2. The average molecular weight is 223 g/mol. The number of phenols is 2. The number of aliphatic carboxylic acids is 1. The van der Waals surface area contributed by atoms with Crippen LogP contribution in [0, 0.1) is 0 Å². The molecule has 86 valence electrons. The van der Waals surface area contributed by atoms with Gasteiger partial charge in [-0.05, 0) is 31.0 Å². The maximum absolute atomic E-state index is 10.9. The van der Waals surface area contributed by atoms with E-state index in [1.54, 1.807) is 0 Å². The van der Waals surface area contributed by atoms with Gasteiger partial charge in [-0.1, -0.05) is 0 Å². The third-order valence-electron chi connectivity index (χ3n) is 3.17. The molecule has 2 rings (SSSR count). The van der Waals surface area contributed by atoms with Crippen molar-refractivity contribution in [1.82, 2.24) is 0 Å². The molecular weight excluding hydrogens is 210 g/mol. The number of benzene rings is 1. The molecule has 1 fully saturated rings. The van der Waals surface area contributed by atoms with E-state index >= 15 is 0 Å². The zero-order valence-electron chi connectivity index (χ0n) is 8.55. The summed E-state index contributed by atoms with van der Waals surface area (Å²) in [6, 6.07) is 3.02. The van der Waals surface area contributed by atoms with Crippen molar-refractivity contribution in [2.45, 2.75) is 24.3 Å². The van der Waals surface area contributed by atoms with Crippen LogP contribution in [0.15, 0.2) is 18.2 Å². The summed E-state index contributed by atoms with van der Waals surface area (Å²) in [7, 11) is 0. The SMILES string of the molecule is NC(C(=O)O)C1(c2cc(O)ccc2O)CC1. The van der Waals surface area contributed by atoms with Gasteiger partial charge in [0.2, 0.25) is 0 Å². The highest BCUT2D eigenvalue weighted by Gasteiger charge is 2.53. The van der Waals surface area contributed by atoms with E-state index in [1.807, 2.05) is 0 Å². The van der Waals surface area contributed by atoms with E-state index in [9.17, 15) is 15.0 Å². The van der Waals surface area contributed by atoms with Crippen LogP contribution in [0.1, 0.15) is 18.4 Å². The van der Waals surface area contributed by atoms with Crippen molar-refractivity contribution in [3.63, 3.8) is 0 Å². The fourth-order valence-corrected chi connectivity index (χ4v) is 2.04. The lowest BCUT2D eigenvalue weighted by molar-refractivity contribution is -0.139. The first kappa shape index (κ1) is 10.8. The molecule has 0 saturated heterocycles. The molecule has 1 unspecified atom stereocenters. The summed E-state index contributed by atoms with van der Waals surface area (Å²) in [5.74, 6) is -1.12. The summed E-state index contributed by atoms with van der Waals surface area (Å²) >= 11 is 0. The number of rotatable bonds is 3. The van der Waals surface area contributed by atoms with Crippen molar-refractivity contribution in [2.75, 3.05) is 0 Å². The topological polar surface area (TPSA) is 104 Å². The van der Waals surface area contributed by atoms with Gasteiger partial charge in [0.25, 0.3) is 0 Å². The largest absolute Gasteiger partial charge is 0.508 e. The molecule has 0 heterocycles. The van der Waals surface area contributed by atoms with Gasteiger partial charge in [0.05, 0.1) is 0 Å². The fraction of sp³-hybridized carbons (Fsp3) is 0.364. The first-order valence-electron chi connectivity index (χ1n) is 4.98. The van der Waals surface area contributed by atoms with Crippen LogP contribution >= 0.6 is 0 Å². The van der Waals surface area contributed by atoms with Crippen molar-refractivity contribution in [2.24, 2.45) is 5.73 Å². The molecule has 1 aliphatic carbocycles. The van der Waals surface area contributed by atoms with Crippen molar-refractivity contribution in [1.29, 1.82) is 0 Å². The van der Waals surface area contributed by atoms with Gasteiger partial charge in [-0.25, -0.2) is 0 Å². The number of carbonyl (C=O) groups is 1. The minimum absolute atomic E-state index is 0.00309. The van der Waals surface area contributed by atoms with Gasteiger partial charge >= 0.3 is 5.97 Å². The highest BCUT2D eigenvalue weighted by molar-refractivity contribution is 5.77. The molecule has 5 nitrogen and oxygen atoms in total. The summed E-state index contributed by atoms with van der Waals surface area (Å²) in [6.07, 6.45) is 1.22. The second-order valence-electron chi connectivity index (χ2n) is 4.17. The number of nitrogens with two attached hydrogens (primary N) is 1. The Morgan fingerprint density at radius 2 is 2.00 bits per heavy atom. The molecule has 1 aromatic carbocycles. The standard InChI is InChI=1S/C11H13NO4/c12-9(10(15)16)11(3-4-11)7-5-6(13)1-2-8(7)14/h1-2,5,9,13-14H,3-4,12H2,(H,15,16). The maximum atomic E-state index is 10.9. The smallest absolute Gasteiger partial charge is 0.321 e. The van der Waals surface area contributed by atoms with Crippen LogP contribution in [-0.4, -0.2) is 27.3 Å². The van der Waals surface area contributed by atoms with Gasteiger partial charge in [-0.15, -0.1) is 0 Å². The minimum atomic E-state index is -1.10. The lowest BCUT2D eigenvalue weighted by Gasteiger charge is -2.21. The van der Waals surface area contributed by atoms with Gasteiger partial charge in [0, 0.05) is 11.0 Å². The number of hydrogen-bond donors (Lipinski definition) is 4. The summed E-state index contributed by atoms with van der Waals surface area (Å²) < 4.78 is 0. The molecule has 0 amide bonds. The normalized spacial score (nSPS) is 19.1. The predicted molar refractivity (Wildman–Crippen MR) is 56.3 cm³/mol. The zero-order valence-corrected chi connectivity index (χ0v) is 8.55. The van der Waals surface area contributed by atoms with E-state index in [0.29, 0.717) is 18.4 Å². The third kappa shape index (κ3) is 1.49. The van der Waals surface area contributed by atoms with Gasteiger partial charge in [-0.2, -0.15) is 0 Å². The third-order valence-corrected chi connectivity index (χ3v) is 3.17. The first-order chi connectivity index (χ1) is 7.47. The quantitative estimate of drug-likeness (QED) is 0.560. The molecule has 0 aliphatic heterocycles. The highest BCUT2D eigenvalue weighted by Crippen LogP contribution is 2.53. The highest BCUT2D eigenvalue weighted by atomic mass is 16.4. The van der Waals surface area contributed by atoms with Crippen molar-refractivity contribution in [3.05, 3.63) is 23.8 Å². The number of carboxylic acids is 1. The molecule has 1 aliphatic rings. The summed E-state index contributed by atoms with van der Waals surface area (Å²) in [4.78, 5) is 10.9. The molecule has 1 aromatic rings. The van der Waals surface area contributed by atoms with Crippen LogP contribution in [0.2, 0.25) is 0 Å². The molecule has 1 atom stereocenters. The lowest BCUT2D eigenvalue weighted by atomic mass is 9.87. The molecular formula is C11H13NO4. The van der Waals surface area contributed by atoms with E-state index < -0.39 is 17.4 Å². The van der Waals surface area contributed by atoms with E-state index in [4.69, 9.17) is 10.8 Å². The van der Waals surface area contributed by atoms with Gasteiger partial charge in [0.15, 0.2) is 0 Å². The number of aromatic hydroxyl groups is 2. The average Bonchev–Trinajstić information content (AvgIpc) is 3.01. The van der Waals surface area contributed by atoms with Crippen LogP contribution in [-0.2, 0) is 10.2 Å². The van der Waals surface area contributed by atoms with Crippen molar-refractivity contribution < 1.29 is 20.1 Å². The summed E-state index contributed by atoms with van der Waals surface area (Å²) in [5, 5.41) is 27.9. The monoisotopic (exact) mass is 223 g/mol. The molecule has 0 radical (unpaired) electrons. The summed E-state index contributed by atoms with van der Waals surface area (Å²) in [5.41, 5.74) is 5.31. The molecule has 5 N–H and O–H groups in total. The Balaban J connectivity index is 2.44. The number of carboxylic acid groups (broad SMARTS) is 1. The van der Waals surface area contributed by atoms with Crippen LogP contribution in [0.25, 0.3) is 0 Å². The second kappa shape index (κ2) is 3.38. The first-order valence-corrected chi connectivity index (χ1v) is 4.98. The zero-order chi connectivity index (χ0) is 11.9. The number of hydrogen-bond acceptors (Lipinski definition) is 4. The Morgan fingerprint density at radius 3 is 2.50 bits per heavy atom. The maximum Gasteiger partial charge on any atom is 0.321 e. The molecule has 16 heavy (non-hydrogen) atoms. The second-order valence-corrected chi connectivity index (χ2v) is 4.17. The Kier molecular flexibility index (Phi) is 2.27. The van der Waals surface area contributed by atoms with E-state index in [2.05, 4.69) is 0 Å². The lowest BCUT2D eigenvalue weighted by Crippen LogP contribution is -2.41. The van der Waals surface area contributed by atoms with Gasteiger partial charge in [-0.3, -0.25) is 4.79 Å². The predicted octanol–water partition coefficient (Wildman–Crippen LogP) is 0.541. The van der Waals surface area contributed by atoms with Gasteiger partial charge < -0.3 is 21.1 Å². The van der Waals surface area contributed by atoms with Crippen LogP contribution < -0.4 is 5.73 Å². The van der Waals surface area contributed by atoms with Gasteiger partial charge in [0.1, 0.15) is 17.5 Å². The Morgan fingerprint density at radius 1 is 1.38 bits per heavy atom. The van der Waals surface area contributed by atoms with Crippen molar-refractivity contribution in [3.8, 4) is 11.5 Å². The molecule has 0 spiro atoms. The minimum Gasteiger partial charge on any atom is -0.508 e. The van der Waals surface area contributed by atoms with Crippen LogP contribution in [0.3, 0.4) is 0 Å².